The normalized spacial score (nSPS) is 14.6. The molecule has 0 radical (unpaired) electrons. The maximum atomic E-state index is 12.3. The molecule has 6 nitrogen and oxygen atoms in total. The average Bonchev–Trinajstić information content (AvgIpc) is 2.72. The van der Waals surface area contributed by atoms with Crippen LogP contribution in [0, 0.1) is 0 Å². The van der Waals surface area contributed by atoms with Gasteiger partial charge in [-0.25, -0.2) is 0 Å². The molecule has 1 aliphatic heterocycles. The van der Waals surface area contributed by atoms with Crippen LogP contribution in [-0.2, 0) is 16.0 Å². The topological polar surface area (TPSA) is 78.7 Å². The molecule has 1 heterocycles. The van der Waals surface area contributed by atoms with E-state index in [-0.39, 0.29) is 11.8 Å². The van der Waals surface area contributed by atoms with E-state index < -0.39 is 0 Å². The van der Waals surface area contributed by atoms with Crippen molar-refractivity contribution >= 4 is 34.8 Å². The molecule has 2 aromatic rings. The Morgan fingerprint density at radius 1 is 1.00 bits per heavy atom. The fourth-order valence-corrected chi connectivity index (χ4v) is 3.59. The first-order valence-corrected chi connectivity index (χ1v) is 10.3. The molecule has 1 saturated heterocycles. The van der Waals surface area contributed by atoms with E-state index in [4.69, 9.17) is 17.3 Å². The lowest BCUT2D eigenvalue weighted by Crippen LogP contribution is -2.47. The molecule has 0 unspecified atom stereocenters. The van der Waals surface area contributed by atoms with Crippen molar-refractivity contribution in [3.63, 3.8) is 0 Å². The fraction of sp³-hybridized carbons (Fsp3) is 0.364. The zero-order valence-corrected chi connectivity index (χ0v) is 17.2. The van der Waals surface area contributed by atoms with Crippen LogP contribution in [-0.4, -0.2) is 49.4 Å². The molecular formula is C22H27ClN4O2. The maximum Gasteiger partial charge on any atom is 0.225 e. The van der Waals surface area contributed by atoms with Crippen LogP contribution < -0.4 is 16.0 Å². The minimum Gasteiger partial charge on any atom is -0.370 e. The SMILES string of the molecule is NC(=O)CCc1ccc(NC(=O)CCN2CCN(c3cccc(Cl)c3)CC2)cc1. The Bertz CT molecular complexity index is 833. The van der Waals surface area contributed by atoms with Crippen molar-refractivity contribution in [2.45, 2.75) is 19.3 Å². The van der Waals surface area contributed by atoms with Gasteiger partial charge in [-0.05, 0) is 42.3 Å². The summed E-state index contributed by atoms with van der Waals surface area (Å²) >= 11 is 6.08. The van der Waals surface area contributed by atoms with Gasteiger partial charge in [0, 0.05) is 62.0 Å². The second kappa shape index (κ2) is 10.3. The highest BCUT2D eigenvalue weighted by molar-refractivity contribution is 6.30. The Labute approximate surface area is 176 Å². The van der Waals surface area contributed by atoms with E-state index in [0.717, 1.165) is 54.7 Å². The number of amides is 2. The summed E-state index contributed by atoms with van der Waals surface area (Å²) in [7, 11) is 0. The van der Waals surface area contributed by atoms with Gasteiger partial charge in [-0.3, -0.25) is 14.5 Å². The summed E-state index contributed by atoms with van der Waals surface area (Å²) in [5.74, 6) is -0.303. The Morgan fingerprint density at radius 2 is 1.72 bits per heavy atom. The van der Waals surface area contributed by atoms with Crippen LogP contribution in [0.3, 0.4) is 0 Å². The first kappa shape index (κ1) is 21.1. The van der Waals surface area contributed by atoms with Gasteiger partial charge in [0.25, 0.3) is 0 Å². The van der Waals surface area contributed by atoms with E-state index in [1.807, 2.05) is 42.5 Å². The third-order valence-electron chi connectivity index (χ3n) is 5.10. The number of nitrogens with zero attached hydrogens (tertiary/aromatic N) is 2. The van der Waals surface area contributed by atoms with Gasteiger partial charge in [0.15, 0.2) is 0 Å². The molecule has 0 spiro atoms. The molecule has 0 aromatic heterocycles. The van der Waals surface area contributed by atoms with E-state index >= 15 is 0 Å². The van der Waals surface area contributed by atoms with Crippen LogP contribution in [0.4, 0.5) is 11.4 Å². The first-order valence-electron chi connectivity index (χ1n) is 9.89. The number of anilines is 2. The van der Waals surface area contributed by atoms with Gasteiger partial charge in [-0.2, -0.15) is 0 Å². The predicted octanol–water partition coefficient (Wildman–Crippen LogP) is 2.91. The molecule has 3 N–H and O–H groups in total. The molecule has 2 amide bonds. The number of nitrogens with one attached hydrogen (secondary N) is 1. The van der Waals surface area contributed by atoms with Crippen molar-refractivity contribution in [3.8, 4) is 0 Å². The summed E-state index contributed by atoms with van der Waals surface area (Å²) in [4.78, 5) is 27.7. The number of hydrogen-bond donors (Lipinski definition) is 2. The predicted molar refractivity (Wildman–Crippen MR) is 117 cm³/mol. The summed E-state index contributed by atoms with van der Waals surface area (Å²) < 4.78 is 0. The standard InChI is InChI=1S/C22H27ClN4O2/c23-18-2-1-3-20(16-18)27-14-12-26(13-15-27)11-10-22(29)25-19-7-4-17(5-8-19)6-9-21(24)28/h1-5,7-8,16H,6,9-15H2,(H2,24,28)(H,25,29). The quantitative estimate of drug-likeness (QED) is 0.696. The molecule has 29 heavy (non-hydrogen) atoms. The molecular weight excluding hydrogens is 388 g/mol. The highest BCUT2D eigenvalue weighted by Crippen LogP contribution is 2.20. The van der Waals surface area contributed by atoms with Crippen molar-refractivity contribution in [1.29, 1.82) is 0 Å². The van der Waals surface area contributed by atoms with Crippen LogP contribution in [0.2, 0.25) is 5.02 Å². The zero-order valence-electron chi connectivity index (χ0n) is 16.4. The minimum atomic E-state index is -0.309. The Kier molecular flexibility index (Phi) is 7.49. The highest BCUT2D eigenvalue weighted by Gasteiger charge is 2.18. The van der Waals surface area contributed by atoms with E-state index in [1.165, 1.54) is 0 Å². The van der Waals surface area contributed by atoms with Gasteiger partial charge in [0.2, 0.25) is 11.8 Å². The summed E-state index contributed by atoms with van der Waals surface area (Å²) in [6.07, 6.45) is 1.40. The number of hydrogen-bond acceptors (Lipinski definition) is 4. The number of benzene rings is 2. The van der Waals surface area contributed by atoms with Crippen LogP contribution in [0.25, 0.3) is 0 Å². The summed E-state index contributed by atoms with van der Waals surface area (Å²) in [5, 5.41) is 3.68. The van der Waals surface area contributed by atoms with Gasteiger partial charge in [0.05, 0.1) is 0 Å². The molecule has 1 fully saturated rings. The average molecular weight is 415 g/mol. The Morgan fingerprint density at radius 3 is 2.38 bits per heavy atom. The lowest BCUT2D eigenvalue weighted by Gasteiger charge is -2.36. The van der Waals surface area contributed by atoms with Gasteiger partial charge in [-0.1, -0.05) is 29.8 Å². The fourth-order valence-electron chi connectivity index (χ4n) is 3.41. The zero-order chi connectivity index (χ0) is 20.6. The molecule has 154 valence electrons. The van der Waals surface area contributed by atoms with Crippen LogP contribution in [0.5, 0.6) is 0 Å². The monoisotopic (exact) mass is 414 g/mol. The minimum absolute atomic E-state index is 0.00663. The molecule has 0 bridgehead atoms. The number of rotatable bonds is 8. The highest BCUT2D eigenvalue weighted by atomic mass is 35.5. The third kappa shape index (κ3) is 6.76. The van der Waals surface area contributed by atoms with Crippen LogP contribution >= 0.6 is 11.6 Å². The lowest BCUT2D eigenvalue weighted by atomic mass is 10.1. The maximum absolute atomic E-state index is 12.3. The van der Waals surface area contributed by atoms with Crippen molar-refractivity contribution in [3.05, 3.63) is 59.1 Å². The van der Waals surface area contributed by atoms with E-state index in [9.17, 15) is 9.59 Å². The smallest absolute Gasteiger partial charge is 0.225 e. The van der Waals surface area contributed by atoms with E-state index in [1.54, 1.807) is 0 Å². The Balaban J connectivity index is 1.38. The number of carbonyl (C=O) groups is 2. The molecule has 0 atom stereocenters. The van der Waals surface area contributed by atoms with Gasteiger partial charge >= 0.3 is 0 Å². The molecule has 2 aromatic carbocycles. The van der Waals surface area contributed by atoms with Gasteiger partial charge < -0.3 is 16.0 Å². The second-order valence-electron chi connectivity index (χ2n) is 7.27. The van der Waals surface area contributed by atoms with Gasteiger partial charge in [-0.15, -0.1) is 0 Å². The number of primary amides is 1. The van der Waals surface area contributed by atoms with Crippen LogP contribution in [0.15, 0.2) is 48.5 Å². The van der Waals surface area contributed by atoms with E-state index in [2.05, 4.69) is 21.2 Å². The molecule has 1 aliphatic rings. The number of piperazine rings is 1. The van der Waals surface area contributed by atoms with E-state index in [0.29, 0.717) is 19.3 Å². The summed E-state index contributed by atoms with van der Waals surface area (Å²) in [6.45, 7) is 4.44. The lowest BCUT2D eigenvalue weighted by molar-refractivity contribution is -0.118. The Hall–Kier alpha value is -2.57. The van der Waals surface area contributed by atoms with Crippen molar-refractivity contribution in [2.24, 2.45) is 5.73 Å². The third-order valence-corrected chi connectivity index (χ3v) is 5.33. The van der Waals surface area contributed by atoms with Crippen molar-refractivity contribution < 1.29 is 9.59 Å². The number of aryl methyl sites for hydroxylation is 1. The van der Waals surface area contributed by atoms with Crippen molar-refractivity contribution in [1.82, 2.24) is 4.90 Å². The van der Waals surface area contributed by atoms with Gasteiger partial charge in [0.1, 0.15) is 0 Å². The first-order chi connectivity index (χ1) is 14.0. The number of carbonyl (C=O) groups excluding carboxylic acids is 2. The molecule has 0 aliphatic carbocycles. The number of halogens is 1. The molecule has 0 saturated carbocycles. The van der Waals surface area contributed by atoms with Crippen LogP contribution in [0.1, 0.15) is 18.4 Å². The second-order valence-corrected chi connectivity index (χ2v) is 7.71. The molecule has 3 rings (SSSR count). The van der Waals surface area contributed by atoms with Crippen molar-refractivity contribution in [2.75, 3.05) is 42.9 Å². The summed E-state index contributed by atoms with van der Waals surface area (Å²) in [6, 6.07) is 15.5. The summed E-state index contributed by atoms with van der Waals surface area (Å²) in [5.41, 5.74) is 8.11. The molecule has 7 heteroatoms. The largest absolute Gasteiger partial charge is 0.370 e. The number of nitrogens with two attached hydrogens (primary N) is 1.